The molecule has 2 heterocycles. The van der Waals surface area contributed by atoms with Crippen molar-refractivity contribution in [2.75, 3.05) is 6.61 Å². The summed E-state index contributed by atoms with van der Waals surface area (Å²) in [6.45, 7) is 4.60. The minimum absolute atomic E-state index is 0.0581. The van der Waals surface area contributed by atoms with Crippen LogP contribution in [0.3, 0.4) is 0 Å². The van der Waals surface area contributed by atoms with Gasteiger partial charge in [0.05, 0.1) is 0 Å². The lowest BCUT2D eigenvalue weighted by Gasteiger charge is -2.45. The number of ether oxygens (including phenoxy) is 5. The van der Waals surface area contributed by atoms with Crippen LogP contribution in [0.1, 0.15) is 71.5 Å². The first kappa shape index (κ1) is 32.4. The minimum Gasteiger partial charge on any atom is -0.486 e. The Morgan fingerprint density at radius 1 is 1.00 bits per heavy atom. The molecule has 2 aromatic rings. The number of carbonyl (C=O) groups is 4. The second-order valence-electron chi connectivity index (χ2n) is 10.4. The lowest BCUT2D eigenvalue weighted by molar-refractivity contribution is -0.239. The molecule has 2 fully saturated rings. The molecule has 1 aromatic carbocycles. The van der Waals surface area contributed by atoms with Crippen molar-refractivity contribution in [2.45, 2.75) is 96.6 Å². The lowest BCUT2D eigenvalue weighted by Crippen LogP contribution is -2.64. The first-order valence-corrected chi connectivity index (χ1v) is 14.7. The highest BCUT2D eigenvalue weighted by Gasteiger charge is 2.52. The standard InChI is InChI=1S/C28H35ClN4O9S/c1-15(34)30-24-26(41-18(4)37)25(40-17(3)36)22(13-38-16(2)35)42-27(24)33-28(43)32(20-7-5-6-8-20)23(31-33)14-39-21-11-9-19(29)10-12-21/h9-12,20,22,24-27H,5-8,13-14H2,1-4H3,(H,30,34)/t22-,24-,25-,26-,27-/m1/s1. The van der Waals surface area contributed by atoms with Crippen LogP contribution in [0.2, 0.25) is 5.02 Å². The molecule has 1 aromatic heterocycles. The zero-order valence-electron chi connectivity index (χ0n) is 24.3. The topological polar surface area (TPSA) is 149 Å². The van der Waals surface area contributed by atoms with Crippen LogP contribution >= 0.6 is 23.8 Å². The van der Waals surface area contributed by atoms with Crippen LogP contribution in [0.4, 0.5) is 0 Å². The van der Waals surface area contributed by atoms with E-state index in [1.54, 1.807) is 24.3 Å². The molecule has 1 amide bonds. The van der Waals surface area contributed by atoms with Crippen LogP contribution < -0.4 is 10.1 Å². The molecule has 0 unspecified atom stereocenters. The molecule has 1 N–H and O–H groups in total. The van der Waals surface area contributed by atoms with E-state index in [0.717, 1.165) is 25.7 Å². The van der Waals surface area contributed by atoms with E-state index >= 15 is 0 Å². The molecule has 4 rings (SSSR count). The van der Waals surface area contributed by atoms with Crippen molar-refractivity contribution < 1.29 is 42.9 Å². The third kappa shape index (κ3) is 8.12. The van der Waals surface area contributed by atoms with Gasteiger partial charge in [0.25, 0.3) is 0 Å². The predicted molar refractivity (Wildman–Crippen MR) is 154 cm³/mol. The molecular formula is C28H35ClN4O9S. The second kappa shape index (κ2) is 14.3. The Labute approximate surface area is 258 Å². The van der Waals surface area contributed by atoms with E-state index < -0.39 is 54.4 Å². The number of amides is 1. The summed E-state index contributed by atoms with van der Waals surface area (Å²) in [5.74, 6) is -1.36. The van der Waals surface area contributed by atoms with E-state index in [0.29, 0.717) is 21.4 Å². The Hall–Kier alpha value is -3.49. The first-order valence-electron chi connectivity index (χ1n) is 13.9. The maximum absolute atomic E-state index is 12.4. The van der Waals surface area contributed by atoms with Gasteiger partial charge in [-0.2, -0.15) is 5.10 Å². The zero-order valence-corrected chi connectivity index (χ0v) is 25.9. The molecule has 234 valence electrons. The average Bonchev–Trinajstić information content (AvgIpc) is 3.56. The summed E-state index contributed by atoms with van der Waals surface area (Å²) >= 11 is 11.9. The van der Waals surface area contributed by atoms with Crippen LogP contribution in [0.15, 0.2) is 24.3 Å². The van der Waals surface area contributed by atoms with Gasteiger partial charge in [0.15, 0.2) is 24.3 Å². The molecular weight excluding hydrogens is 604 g/mol. The van der Waals surface area contributed by atoms with Gasteiger partial charge in [-0.15, -0.1) is 0 Å². The number of esters is 3. The largest absolute Gasteiger partial charge is 0.486 e. The van der Waals surface area contributed by atoms with Crippen molar-refractivity contribution in [3.8, 4) is 5.75 Å². The van der Waals surface area contributed by atoms with Crippen LogP contribution in [-0.2, 0) is 44.7 Å². The smallest absolute Gasteiger partial charge is 0.303 e. The van der Waals surface area contributed by atoms with Crippen LogP contribution in [-0.4, -0.2) is 69.1 Å². The number of hydrogen-bond donors (Lipinski definition) is 1. The fourth-order valence-corrected chi connectivity index (χ4v) is 5.95. The van der Waals surface area contributed by atoms with Gasteiger partial charge in [-0.05, 0) is 49.3 Å². The maximum Gasteiger partial charge on any atom is 0.303 e. The molecule has 2 aliphatic rings. The number of aromatic nitrogens is 3. The number of benzene rings is 1. The molecule has 0 spiro atoms. The third-order valence-electron chi connectivity index (χ3n) is 7.11. The summed E-state index contributed by atoms with van der Waals surface area (Å²) in [5, 5.41) is 8.12. The highest BCUT2D eigenvalue weighted by atomic mass is 35.5. The monoisotopic (exact) mass is 638 g/mol. The highest BCUT2D eigenvalue weighted by molar-refractivity contribution is 7.71. The average molecular weight is 639 g/mol. The summed E-state index contributed by atoms with van der Waals surface area (Å²) < 4.78 is 32.4. The molecule has 1 aliphatic carbocycles. The number of nitrogens with one attached hydrogen (secondary N) is 1. The fraction of sp³-hybridized carbons (Fsp3) is 0.571. The van der Waals surface area contributed by atoms with E-state index in [2.05, 4.69) is 5.32 Å². The second-order valence-corrected chi connectivity index (χ2v) is 11.2. The van der Waals surface area contributed by atoms with Gasteiger partial charge < -0.3 is 29.0 Å². The van der Waals surface area contributed by atoms with Crippen LogP contribution in [0.25, 0.3) is 0 Å². The molecule has 0 bridgehead atoms. The molecule has 0 radical (unpaired) electrons. The molecule has 13 nitrogen and oxygen atoms in total. The molecule has 1 aliphatic heterocycles. The van der Waals surface area contributed by atoms with Gasteiger partial charge >= 0.3 is 17.9 Å². The van der Waals surface area contributed by atoms with Crippen molar-refractivity contribution in [3.05, 3.63) is 39.9 Å². The van der Waals surface area contributed by atoms with Crippen molar-refractivity contribution in [2.24, 2.45) is 0 Å². The summed E-state index contributed by atoms with van der Waals surface area (Å²) in [4.78, 5) is 48.5. The van der Waals surface area contributed by atoms with Crippen molar-refractivity contribution in [1.82, 2.24) is 19.7 Å². The maximum atomic E-state index is 12.4. The van der Waals surface area contributed by atoms with Gasteiger partial charge in [0, 0.05) is 38.8 Å². The Kier molecular flexibility index (Phi) is 10.8. The number of nitrogens with zero attached hydrogens (tertiary/aromatic N) is 3. The summed E-state index contributed by atoms with van der Waals surface area (Å²) in [5.41, 5.74) is 0. The van der Waals surface area contributed by atoms with E-state index in [4.69, 9.17) is 52.6 Å². The van der Waals surface area contributed by atoms with E-state index in [1.165, 1.54) is 32.4 Å². The van der Waals surface area contributed by atoms with Crippen molar-refractivity contribution >= 4 is 47.6 Å². The van der Waals surface area contributed by atoms with E-state index in [-0.39, 0.29) is 19.3 Å². The number of hydrogen-bond acceptors (Lipinski definition) is 11. The SMILES string of the molecule is CC(=O)N[C@@H]1[C@@H](OC(C)=O)[C@H](OC(C)=O)[C@@H](COC(C)=O)O[C@H]1n1nc(COc2ccc(Cl)cc2)n(C2CCCC2)c1=S. The van der Waals surface area contributed by atoms with E-state index in [9.17, 15) is 19.2 Å². The zero-order chi connectivity index (χ0) is 31.3. The quantitative estimate of drug-likeness (QED) is 0.231. The Bertz CT molecular complexity index is 1390. The van der Waals surface area contributed by atoms with Gasteiger partial charge in [-0.25, -0.2) is 4.68 Å². The molecule has 1 saturated carbocycles. The van der Waals surface area contributed by atoms with Crippen LogP contribution in [0.5, 0.6) is 5.75 Å². The molecule has 43 heavy (non-hydrogen) atoms. The molecule has 15 heteroatoms. The lowest BCUT2D eigenvalue weighted by atomic mass is 9.95. The summed E-state index contributed by atoms with van der Waals surface area (Å²) in [6.07, 6.45) is -0.907. The van der Waals surface area contributed by atoms with Gasteiger partial charge in [0.1, 0.15) is 31.1 Å². The molecule has 1 saturated heterocycles. The number of halogens is 1. The highest BCUT2D eigenvalue weighted by Crippen LogP contribution is 2.36. The van der Waals surface area contributed by atoms with Gasteiger partial charge in [0.2, 0.25) is 10.7 Å². The minimum atomic E-state index is -1.24. The molecule has 5 atom stereocenters. The van der Waals surface area contributed by atoms with Gasteiger partial charge in [-0.1, -0.05) is 24.4 Å². The Morgan fingerprint density at radius 2 is 1.63 bits per heavy atom. The predicted octanol–water partition coefficient (Wildman–Crippen LogP) is 3.59. The fourth-order valence-electron chi connectivity index (χ4n) is 5.43. The van der Waals surface area contributed by atoms with Crippen molar-refractivity contribution in [1.29, 1.82) is 0 Å². The normalized spacial score (nSPS) is 23.8. The third-order valence-corrected chi connectivity index (χ3v) is 7.74. The first-order chi connectivity index (χ1) is 20.4. The van der Waals surface area contributed by atoms with Gasteiger partial charge in [-0.3, -0.25) is 23.7 Å². The Balaban J connectivity index is 1.79. The summed E-state index contributed by atoms with van der Waals surface area (Å²) in [7, 11) is 0. The van der Waals surface area contributed by atoms with E-state index in [1.807, 2.05) is 4.57 Å². The van der Waals surface area contributed by atoms with Crippen molar-refractivity contribution in [3.63, 3.8) is 0 Å². The van der Waals surface area contributed by atoms with Crippen LogP contribution in [0, 0.1) is 4.77 Å². The Morgan fingerprint density at radius 3 is 2.21 bits per heavy atom. The number of carbonyl (C=O) groups excluding carboxylic acids is 4. The number of rotatable bonds is 10. The summed E-state index contributed by atoms with van der Waals surface area (Å²) in [6, 6.07) is 5.87.